The van der Waals surface area contributed by atoms with Gasteiger partial charge in [0.1, 0.15) is 12.1 Å². The highest BCUT2D eigenvalue weighted by atomic mass is 16.2. The minimum absolute atomic E-state index is 0.272. The lowest BCUT2D eigenvalue weighted by Gasteiger charge is -2.42. The molecule has 0 radical (unpaired) electrons. The fraction of sp³-hybridized carbons (Fsp3) is 0.560. The van der Waals surface area contributed by atoms with Crippen LogP contribution >= 0.6 is 0 Å². The van der Waals surface area contributed by atoms with Crippen molar-refractivity contribution in [3.63, 3.8) is 0 Å². The van der Waals surface area contributed by atoms with Crippen LogP contribution in [-0.2, 0) is 9.59 Å². The Labute approximate surface area is 197 Å². The first-order valence-electron chi connectivity index (χ1n) is 11.7. The molecule has 2 fully saturated rings. The van der Waals surface area contributed by atoms with Crippen molar-refractivity contribution < 1.29 is 14.4 Å². The summed E-state index contributed by atoms with van der Waals surface area (Å²) in [6, 6.07) is 8.00. The maximum Gasteiger partial charge on any atom is 0.328 e. The van der Waals surface area contributed by atoms with Gasteiger partial charge >= 0.3 is 6.03 Å². The minimum atomic E-state index is -0.857. The number of benzene rings is 1. The Morgan fingerprint density at radius 1 is 1.15 bits per heavy atom. The van der Waals surface area contributed by atoms with Crippen LogP contribution in [0, 0.1) is 5.92 Å². The van der Waals surface area contributed by atoms with Crippen LogP contribution < -0.4 is 10.6 Å². The average molecular weight is 456 g/mol. The molecular weight excluding hydrogens is 418 g/mol. The summed E-state index contributed by atoms with van der Waals surface area (Å²) < 4.78 is 0. The quantitative estimate of drug-likeness (QED) is 0.578. The van der Waals surface area contributed by atoms with E-state index in [-0.39, 0.29) is 18.5 Å². The van der Waals surface area contributed by atoms with E-state index in [0.29, 0.717) is 38.4 Å². The van der Waals surface area contributed by atoms with Crippen LogP contribution in [0.5, 0.6) is 0 Å². The largest absolute Gasteiger partial charge is 0.378 e. The molecule has 2 heterocycles. The molecule has 3 rings (SSSR count). The number of urea groups is 1. The molecule has 8 heteroatoms. The summed E-state index contributed by atoms with van der Waals surface area (Å²) in [5.41, 5.74) is 6.76. The summed E-state index contributed by atoms with van der Waals surface area (Å²) in [5, 5.41) is 0. The molecule has 2 N–H and O–H groups in total. The smallest absolute Gasteiger partial charge is 0.328 e. The highest BCUT2D eigenvalue weighted by Gasteiger charge is 2.57. The van der Waals surface area contributed by atoms with Crippen molar-refractivity contribution in [2.24, 2.45) is 11.7 Å². The summed E-state index contributed by atoms with van der Waals surface area (Å²) in [6.45, 7) is 6.57. The number of carbonyl (C=O) groups is 3. The van der Waals surface area contributed by atoms with Gasteiger partial charge in [-0.2, -0.15) is 0 Å². The van der Waals surface area contributed by atoms with Crippen molar-refractivity contribution in [2.45, 2.75) is 38.6 Å². The molecule has 0 bridgehead atoms. The van der Waals surface area contributed by atoms with E-state index in [9.17, 15) is 14.4 Å². The first-order valence-corrected chi connectivity index (χ1v) is 11.7. The van der Waals surface area contributed by atoms with Gasteiger partial charge in [-0.1, -0.05) is 38.1 Å². The number of hydrogen-bond acceptors (Lipinski definition) is 5. The van der Waals surface area contributed by atoms with E-state index in [1.807, 2.05) is 14.1 Å². The van der Waals surface area contributed by atoms with Crippen molar-refractivity contribution in [3.8, 4) is 0 Å². The lowest BCUT2D eigenvalue weighted by molar-refractivity contribution is -0.137. The zero-order valence-corrected chi connectivity index (χ0v) is 20.3. The number of hydrogen-bond donors (Lipinski definition) is 1. The topological polar surface area (TPSA) is 90.2 Å². The molecule has 0 unspecified atom stereocenters. The third-order valence-corrected chi connectivity index (χ3v) is 6.63. The second kappa shape index (κ2) is 10.4. The van der Waals surface area contributed by atoms with Crippen LogP contribution in [0.2, 0.25) is 0 Å². The number of primary amides is 1. The fourth-order valence-corrected chi connectivity index (χ4v) is 4.59. The number of amides is 4. The number of piperidine rings is 1. The highest BCUT2D eigenvalue weighted by Crippen LogP contribution is 2.37. The zero-order valence-electron chi connectivity index (χ0n) is 20.3. The SMILES string of the molecule is CC(C)CCN1C(=O)N(CC(N)=O)C(=O)C12CCN(CC=Cc1ccc(N(C)C)cc1)CC2. The molecule has 0 saturated carbocycles. The molecule has 1 aromatic carbocycles. The van der Waals surface area contributed by atoms with Gasteiger partial charge in [0.05, 0.1) is 0 Å². The van der Waals surface area contributed by atoms with Crippen LogP contribution in [0.1, 0.15) is 38.7 Å². The van der Waals surface area contributed by atoms with Gasteiger partial charge in [0.2, 0.25) is 5.91 Å². The highest BCUT2D eigenvalue weighted by molar-refractivity contribution is 6.09. The Kier molecular flexibility index (Phi) is 7.79. The summed E-state index contributed by atoms with van der Waals surface area (Å²) in [6.07, 6.45) is 6.19. The van der Waals surface area contributed by atoms with Gasteiger partial charge < -0.3 is 15.5 Å². The van der Waals surface area contributed by atoms with Gasteiger partial charge in [-0.05, 0) is 42.9 Å². The van der Waals surface area contributed by atoms with Gasteiger partial charge in [-0.3, -0.25) is 19.4 Å². The molecule has 4 amide bonds. The number of rotatable bonds is 9. The van der Waals surface area contributed by atoms with Gasteiger partial charge in [-0.15, -0.1) is 0 Å². The molecule has 2 aliphatic heterocycles. The molecule has 8 nitrogen and oxygen atoms in total. The van der Waals surface area contributed by atoms with Crippen LogP contribution in [0.25, 0.3) is 6.08 Å². The Morgan fingerprint density at radius 2 is 1.79 bits per heavy atom. The molecule has 0 aromatic heterocycles. The average Bonchev–Trinajstić information content (AvgIpc) is 2.95. The van der Waals surface area contributed by atoms with Crippen molar-refractivity contribution in [1.29, 1.82) is 0 Å². The molecule has 1 aromatic rings. The number of carbonyl (C=O) groups excluding carboxylic acids is 3. The summed E-state index contributed by atoms with van der Waals surface area (Å²) in [5.74, 6) is -0.530. The van der Waals surface area contributed by atoms with E-state index >= 15 is 0 Å². The molecule has 2 saturated heterocycles. The number of imide groups is 1. The monoisotopic (exact) mass is 455 g/mol. The predicted molar refractivity (Wildman–Crippen MR) is 131 cm³/mol. The lowest BCUT2D eigenvalue weighted by Crippen LogP contribution is -2.57. The van der Waals surface area contributed by atoms with E-state index in [1.54, 1.807) is 4.90 Å². The van der Waals surface area contributed by atoms with E-state index < -0.39 is 11.4 Å². The van der Waals surface area contributed by atoms with Gasteiger partial charge in [-0.25, -0.2) is 4.79 Å². The van der Waals surface area contributed by atoms with Gasteiger partial charge in [0, 0.05) is 46.0 Å². The summed E-state index contributed by atoms with van der Waals surface area (Å²) >= 11 is 0. The van der Waals surface area contributed by atoms with Crippen LogP contribution in [-0.4, -0.2) is 84.9 Å². The Balaban J connectivity index is 1.64. The van der Waals surface area contributed by atoms with E-state index in [4.69, 9.17) is 5.73 Å². The lowest BCUT2D eigenvalue weighted by atomic mass is 9.85. The number of likely N-dealkylation sites (tertiary alicyclic amines) is 1. The fourth-order valence-electron chi connectivity index (χ4n) is 4.59. The van der Waals surface area contributed by atoms with E-state index in [0.717, 1.165) is 29.1 Å². The van der Waals surface area contributed by atoms with Gasteiger partial charge in [0.25, 0.3) is 5.91 Å². The third kappa shape index (κ3) is 5.55. The standard InChI is InChI=1S/C25H37N5O3/c1-19(2)11-15-30-24(33)29(18-22(26)31)23(32)25(30)12-16-28(17-13-25)14-5-6-20-7-9-21(10-8-20)27(3)4/h5-10,19H,11-18H2,1-4H3,(H2,26,31). The summed E-state index contributed by atoms with van der Waals surface area (Å²) in [7, 11) is 4.04. The number of nitrogens with zero attached hydrogens (tertiary/aromatic N) is 4. The zero-order chi connectivity index (χ0) is 24.2. The molecule has 180 valence electrons. The Bertz CT molecular complexity index is 886. The number of nitrogens with two attached hydrogens (primary N) is 1. The minimum Gasteiger partial charge on any atom is -0.378 e. The van der Waals surface area contributed by atoms with E-state index in [2.05, 4.69) is 60.1 Å². The van der Waals surface area contributed by atoms with Crippen LogP contribution in [0.4, 0.5) is 10.5 Å². The number of anilines is 1. The normalized spacial score (nSPS) is 18.8. The first-order chi connectivity index (χ1) is 15.6. The first kappa shape index (κ1) is 24.8. The molecular formula is C25H37N5O3. The second-order valence-corrected chi connectivity index (χ2v) is 9.69. The van der Waals surface area contributed by atoms with Crippen molar-refractivity contribution in [1.82, 2.24) is 14.7 Å². The van der Waals surface area contributed by atoms with Gasteiger partial charge in [0.15, 0.2) is 0 Å². The predicted octanol–water partition coefficient (Wildman–Crippen LogP) is 2.40. The third-order valence-electron chi connectivity index (χ3n) is 6.63. The Morgan fingerprint density at radius 3 is 2.33 bits per heavy atom. The van der Waals surface area contributed by atoms with E-state index in [1.165, 1.54) is 0 Å². The maximum absolute atomic E-state index is 13.3. The molecule has 0 atom stereocenters. The van der Waals surface area contributed by atoms with Crippen molar-refractivity contribution >= 4 is 29.6 Å². The molecule has 33 heavy (non-hydrogen) atoms. The van der Waals surface area contributed by atoms with Crippen LogP contribution in [0.3, 0.4) is 0 Å². The second-order valence-electron chi connectivity index (χ2n) is 9.69. The maximum atomic E-state index is 13.3. The summed E-state index contributed by atoms with van der Waals surface area (Å²) in [4.78, 5) is 44.9. The Hall–Kier alpha value is -2.87. The molecule has 0 aliphatic carbocycles. The molecule has 2 aliphatic rings. The van der Waals surface area contributed by atoms with Crippen molar-refractivity contribution in [3.05, 3.63) is 35.9 Å². The van der Waals surface area contributed by atoms with Crippen molar-refractivity contribution in [2.75, 3.05) is 51.7 Å². The molecule has 1 spiro atoms. The van der Waals surface area contributed by atoms with Crippen LogP contribution in [0.15, 0.2) is 30.3 Å².